The van der Waals surface area contributed by atoms with Crippen LogP contribution in [-0.2, 0) is 0 Å². The Morgan fingerprint density at radius 1 is 1.45 bits per heavy atom. The van der Waals surface area contributed by atoms with Gasteiger partial charge in [0, 0.05) is 0 Å². The molecule has 0 aliphatic heterocycles. The molecular formula is C11H20. The molecule has 0 spiro atoms. The Balaban J connectivity index is 2.54. The Hall–Kier alpha value is -0.260. The molecule has 0 N–H and O–H groups in total. The largest absolute Gasteiger partial charge is 0.103 e. The second-order valence-corrected chi connectivity index (χ2v) is 4.58. The monoisotopic (exact) mass is 152 g/mol. The highest BCUT2D eigenvalue weighted by Crippen LogP contribution is 2.60. The van der Waals surface area contributed by atoms with Crippen molar-refractivity contribution >= 4 is 0 Å². The molecule has 3 unspecified atom stereocenters. The van der Waals surface area contributed by atoms with Crippen molar-refractivity contribution in [2.75, 3.05) is 0 Å². The van der Waals surface area contributed by atoms with Gasteiger partial charge in [0.25, 0.3) is 0 Å². The summed E-state index contributed by atoms with van der Waals surface area (Å²) in [5, 5.41) is 0. The Morgan fingerprint density at radius 3 is 2.27 bits per heavy atom. The SMILES string of the molecule is C=CC(C)C1(C)CC1C(C)C. The van der Waals surface area contributed by atoms with Crippen LogP contribution in [0.1, 0.15) is 34.1 Å². The fourth-order valence-corrected chi connectivity index (χ4v) is 2.20. The fourth-order valence-electron chi connectivity index (χ4n) is 2.20. The van der Waals surface area contributed by atoms with Gasteiger partial charge in [-0.15, -0.1) is 6.58 Å². The molecule has 0 amide bonds. The molecule has 1 aliphatic rings. The van der Waals surface area contributed by atoms with Gasteiger partial charge in [-0.05, 0) is 29.6 Å². The van der Waals surface area contributed by atoms with Gasteiger partial charge in [-0.3, -0.25) is 0 Å². The minimum absolute atomic E-state index is 0.579. The van der Waals surface area contributed by atoms with Crippen molar-refractivity contribution < 1.29 is 0 Å². The third-order valence-corrected chi connectivity index (χ3v) is 3.55. The summed E-state index contributed by atoms with van der Waals surface area (Å²) in [5.74, 6) is 2.48. The normalized spacial score (nSPS) is 38.8. The Morgan fingerprint density at radius 2 is 2.00 bits per heavy atom. The van der Waals surface area contributed by atoms with E-state index in [2.05, 4.69) is 40.3 Å². The van der Waals surface area contributed by atoms with Crippen molar-refractivity contribution in [1.82, 2.24) is 0 Å². The van der Waals surface area contributed by atoms with Gasteiger partial charge in [0.2, 0.25) is 0 Å². The number of hydrogen-bond acceptors (Lipinski definition) is 0. The van der Waals surface area contributed by atoms with Crippen molar-refractivity contribution in [3.8, 4) is 0 Å². The van der Waals surface area contributed by atoms with Gasteiger partial charge in [0.15, 0.2) is 0 Å². The maximum atomic E-state index is 3.86. The molecule has 0 bridgehead atoms. The molecule has 1 fully saturated rings. The highest BCUT2D eigenvalue weighted by atomic mass is 14.6. The number of hydrogen-bond donors (Lipinski definition) is 0. The van der Waals surface area contributed by atoms with E-state index in [1.54, 1.807) is 0 Å². The first kappa shape index (κ1) is 8.83. The number of allylic oxidation sites excluding steroid dienone is 1. The molecule has 1 aliphatic carbocycles. The van der Waals surface area contributed by atoms with Crippen molar-refractivity contribution in [2.24, 2.45) is 23.2 Å². The minimum atomic E-state index is 0.579. The van der Waals surface area contributed by atoms with Crippen LogP contribution in [0.25, 0.3) is 0 Å². The minimum Gasteiger partial charge on any atom is -0.103 e. The second-order valence-electron chi connectivity index (χ2n) is 4.58. The van der Waals surface area contributed by atoms with Gasteiger partial charge in [-0.1, -0.05) is 33.8 Å². The van der Waals surface area contributed by atoms with E-state index in [1.807, 2.05) is 0 Å². The van der Waals surface area contributed by atoms with Crippen molar-refractivity contribution in [3.05, 3.63) is 12.7 Å². The van der Waals surface area contributed by atoms with Crippen LogP contribution in [0, 0.1) is 23.2 Å². The van der Waals surface area contributed by atoms with E-state index < -0.39 is 0 Å². The third kappa shape index (κ3) is 1.36. The lowest BCUT2D eigenvalue weighted by Crippen LogP contribution is -2.11. The molecule has 0 nitrogen and oxygen atoms in total. The lowest BCUT2D eigenvalue weighted by Gasteiger charge is -2.18. The van der Waals surface area contributed by atoms with Crippen LogP contribution in [0.4, 0.5) is 0 Å². The lowest BCUT2D eigenvalue weighted by atomic mass is 9.87. The maximum absolute atomic E-state index is 3.86. The molecule has 11 heavy (non-hydrogen) atoms. The Kier molecular flexibility index (Phi) is 2.13. The first-order valence-corrected chi connectivity index (χ1v) is 4.65. The summed E-state index contributed by atoms with van der Waals surface area (Å²) in [6.45, 7) is 13.2. The van der Waals surface area contributed by atoms with Crippen LogP contribution in [0.2, 0.25) is 0 Å². The quantitative estimate of drug-likeness (QED) is 0.543. The summed E-state index contributed by atoms with van der Waals surface area (Å²) in [6.07, 6.45) is 3.50. The Bertz CT molecular complexity index is 157. The zero-order valence-electron chi connectivity index (χ0n) is 8.22. The van der Waals surface area contributed by atoms with E-state index in [-0.39, 0.29) is 0 Å². The van der Waals surface area contributed by atoms with Gasteiger partial charge in [0.1, 0.15) is 0 Å². The van der Waals surface area contributed by atoms with Gasteiger partial charge in [-0.2, -0.15) is 0 Å². The third-order valence-electron chi connectivity index (χ3n) is 3.55. The van der Waals surface area contributed by atoms with E-state index in [1.165, 1.54) is 6.42 Å². The van der Waals surface area contributed by atoms with E-state index >= 15 is 0 Å². The summed E-state index contributed by atoms with van der Waals surface area (Å²) < 4.78 is 0. The Labute approximate surface area is 70.7 Å². The summed E-state index contributed by atoms with van der Waals surface area (Å²) >= 11 is 0. The van der Waals surface area contributed by atoms with E-state index in [9.17, 15) is 0 Å². The van der Waals surface area contributed by atoms with Gasteiger partial charge >= 0.3 is 0 Å². The van der Waals surface area contributed by atoms with Crippen molar-refractivity contribution in [1.29, 1.82) is 0 Å². The van der Waals surface area contributed by atoms with Crippen LogP contribution < -0.4 is 0 Å². The topological polar surface area (TPSA) is 0 Å². The van der Waals surface area contributed by atoms with E-state index in [4.69, 9.17) is 0 Å². The molecule has 0 aromatic heterocycles. The first-order chi connectivity index (χ1) is 5.02. The molecule has 3 atom stereocenters. The van der Waals surface area contributed by atoms with Gasteiger partial charge < -0.3 is 0 Å². The van der Waals surface area contributed by atoms with Crippen LogP contribution in [0.3, 0.4) is 0 Å². The van der Waals surface area contributed by atoms with Crippen molar-refractivity contribution in [2.45, 2.75) is 34.1 Å². The van der Waals surface area contributed by atoms with Crippen molar-refractivity contribution in [3.63, 3.8) is 0 Å². The molecule has 0 heterocycles. The van der Waals surface area contributed by atoms with Gasteiger partial charge in [-0.25, -0.2) is 0 Å². The van der Waals surface area contributed by atoms with Crippen LogP contribution in [-0.4, -0.2) is 0 Å². The number of rotatable bonds is 3. The van der Waals surface area contributed by atoms with Crippen LogP contribution in [0.15, 0.2) is 12.7 Å². The standard InChI is InChI=1S/C11H20/c1-6-9(4)11(5)7-10(11)8(2)3/h6,8-10H,1,7H2,2-5H3. The van der Waals surface area contributed by atoms with E-state index in [0.29, 0.717) is 11.3 Å². The molecule has 0 aromatic carbocycles. The average Bonchev–Trinajstić information content (AvgIpc) is 2.62. The highest BCUT2D eigenvalue weighted by molar-refractivity contribution is 5.07. The molecule has 64 valence electrons. The molecule has 0 saturated heterocycles. The summed E-state index contributed by atoms with van der Waals surface area (Å²) in [7, 11) is 0. The fraction of sp³-hybridized carbons (Fsp3) is 0.818. The van der Waals surface area contributed by atoms with Crippen LogP contribution in [0.5, 0.6) is 0 Å². The molecular weight excluding hydrogens is 132 g/mol. The predicted molar refractivity (Wildman–Crippen MR) is 50.4 cm³/mol. The summed E-state index contributed by atoms with van der Waals surface area (Å²) in [5.41, 5.74) is 0.579. The summed E-state index contributed by atoms with van der Waals surface area (Å²) in [4.78, 5) is 0. The van der Waals surface area contributed by atoms with Crippen LogP contribution >= 0.6 is 0 Å². The zero-order valence-corrected chi connectivity index (χ0v) is 8.22. The molecule has 0 radical (unpaired) electrons. The molecule has 0 aromatic rings. The zero-order chi connectivity index (χ0) is 8.65. The van der Waals surface area contributed by atoms with E-state index in [0.717, 1.165) is 11.8 Å². The molecule has 1 saturated carbocycles. The smallest absolute Gasteiger partial charge is 0.0208 e. The molecule has 0 heteroatoms. The maximum Gasteiger partial charge on any atom is -0.0208 e. The molecule has 1 rings (SSSR count). The highest BCUT2D eigenvalue weighted by Gasteiger charge is 2.53. The average molecular weight is 152 g/mol. The lowest BCUT2D eigenvalue weighted by molar-refractivity contribution is 0.350. The predicted octanol–water partition coefficient (Wildman–Crippen LogP) is 3.49. The first-order valence-electron chi connectivity index (χ1n) is 4.65. The second kappa shape index (κ2) is 2.66. The van der Waals surface area contributed by atoms with Gasteiger partial charge in [0.05, 0.1) is 0 Å². The summed E-state index contributed by atoms with van der Waals surface area (Å²) in [6, 6.07) is 0.